The third-order valence-corrected chi connectivity index (χ3v) is 5.21. The lowest BCUT2D eigenvalue weighted by Crippen LogP contribution is -2.31. The molecule has 0 fully saturated rings. The number of amides is 1. The molecule has 1 atom stereocenters. The zero-order chi connectivity index (χ0) is 19.0. The largest absolute Gasteiger partial charge is 0.385 e. The summed E-state index contributed by atoms with van der Waals surface area (Å²) in [6.45, 7) is 6.53. The lowest BCUT2D eigenvalue weighted by atomic mass is 10.2. The van der Waals surface area contributed by atoms with Gasteiger partial charge in [0.1, 0.15) is 6.10 Å². The number of carbonyl (C=O) groups is 1. The zero-order valence-electron chi connectivity index (χ0n) is 16.4. The maximum atomic E-state index is 13.1. The Morgan fingerprint density at radius 1 is 1.31 bits per heavy atom. The molecule has 0 radical (unpaired) electrons. The van der Waals surface area contributed by atoms with Crippen molar-refractivity contribution in [2.24, 2.45) is 7.05 Å². The fourth-order valence-electron chi connectivity index (χ4n) is 3.50. The first-order valence-corrected chi connectivity index (χ1v) is 9.09. The van der Waals surface area contributed by atoms with Gasteiger partial charge in [-0.15, -0.1) is 0 Å². The molecule has 2 aromatic rings. The Bertz CT molecular complexity index is 805. The van der Waals surface area contributed by atoms with Gasteiger partial charge in [0.05, 0.1) is 23.5 Å². The maximum Gasteiger partial charge on any atom is 0.256 e. The maximum absolute atomic E-state index is 13.1. The molecule has 0 spiro atoms. The highest BCUT2D eigenvalue weighted by Gasteiger charge is 2.25. The Kier molecular flexibility index (Phi) is 5.20. The van der Waals surface area contributed by atoms with Gasteiger partial charge in [-0.3, -0.25) is 9.48 Å². The second-order valence-electron chi connectivity index (χ2n) is 7.49. The van der Waals surface area contributed by atoms with Gasteiger partial charge in [-0.2, -0.15) is 5.10 Å². The van der Waals surface area contributed by atoms with E-state index in [4.69, 9.17) is 0 Å². The predicted octanol–water partition coefficient (Wildman–Crippen LogP) is 1.48. The molecular formula is C19H29N5O2. The van der Waals surface area contributed by atoms with Crippen LogP contribution in [-0.4, -0.2) is 62.3 Å². The summed E-state index contributed by atoms with van der Waals surface area (Å²) in [4.78, 5) is 16.9. The van der Waals surface area contributed by atoms with Crippen LogP contribution in [0.4, 0.5) is 0 Å². The number of carbonyl (C=O) groups excluding carboxylic acids is 1. The molecule has 7 heteroatoms. The van der Waals surface area contributed by atoms with Crippen LogP contribution in [0.15, 0.2) is 12.1 Å². The second-order valence-corrected chi connectivity index (χ2v) is 7.49. The minimum absolute atomic E-state index is 0.0660. The first-order valence-electron chi connectivity index (χ1n) is 9.09. The molecule has 26 heavy (non-hydrogen) atoms. The molecule has 0 aromatic carbocycles. The average molecular weight is 359 g/mol. The van der Waals surface area contributed by atoms with Crippen molar-refractivity contribution >= 4 is 5.91 Å². The predicted molar refractivity (Wildman–Crippen MR) is 100.0 cm³/mol. The average Bonchev–Trinajstić information content (AvgIpc) is 3.02. The Hall–Kier alpha value is -2.12. The van der Waals surface area contributed by atoms with Gasteiger partial charge in [0.15, 0.2) is 0 Å². The highest BCUT2D eigenvalue weighted by Crippen LogP contribution is 2.22. The Balaban J connectivity index is 1.82. The SMILES string of the molecule is Cc1cc(C(=O)N2CCCn3nc([C@@H](O)CN(C)C)cc3C2)c(C)n1C. The van der Waals surface area contributed by atoms with Crippen LogP contribution in [0.1, 0.15) is 45.7 Å². The zero-order valence-corrected chi connectivity index (χ0v) is 16.4. The molecule has 1 N–H and O–H groups in total. The highest BCUT2D eigenvalue weighted by atomic mass is 16.3. The van der Waals surface area contributed by atoms with E-state index in [1.807, 2.05) is 66.2 Å². The second kappa shape index (κ2) is 7.25. The number of aromatic nitrogens is 3. The standard InChI is InChI=1S/C19H29N5O2/c1-13-9-16(14(2)22(13)5)19(26)23-7-6-8-24-15(11-23)10-17(20-24)18(25)12-21(3)4/h9-10,18,25H,6-8,11-12H2,1-5H3/t18-/m0/s1. The van der Waals surface area contributed by atoms with Crippen molar-refractivity contribution in [2.45, 2.75) is 39.5 Å². The Morgan fingerprint density at radius 3 is 2.65 bits per heavy atom. The molecule has 0 bridgehead atoms. The fraction of sp³-hybridized carbons (Fsp3) is 0.579. The number of nitrogens with zero attached hydrogens (tertiary/aromatic N) is 5. The third-order valence-electron chi connectivity index (χ3n) is 5.21. The Morgan fingerprint density at radius 2 is 2.04 bits per heavy atom. The van der Waals surface area contributed by atoms with Crippen LogP contribution in [-0.2, 0) is 20.1 Å². The molecule has 0 unspecified atom stereocenters. The van der Waals surface area contributed by atoms with Crippen molar-refractivity contribution in [3.05, 3.63) is 40.5 Å². The van der Waals surface area contributed by atoms with Crippen molar-refractivity contribution < 1.29 is 9.90 Å². The monoisotopic (exact) mass is 359 g/mol. The van der Waals surface area contributed by atoms with E-state index in [1.54, 1.807) is 0 Å². The summed E-state index contributed by atoms with van der Waals surface area (Å²) >= 11 is 0. The molecule has 0 aliphatic carbocycles. The van der Waals surface area contributed by atoms with E-state index < -0.39 is 6.10 Å². The van der Waals surface area contributed by atoms with E-state index in [9.17, 15) is 9.90 Å². The van der Waals surface area contributed by atoms with E-state index in [0.717, 1.165) is 35.6 Å². The molecule has 3 rings (SSSR count). The number of rotatable bonds is 4. The summed E-state index contributed by atoms with van der Waals surface area (Å²) in [5.41, 5.74) is 4.50. The van der Waals surface area contributed by atoms with Crippen LogP contribution in [0.25, 0.3) is 0 Å². The topological polar surface area (TPSA) is 66.5 Å². The Labute approximate surface area is 154 Å². The third kappa shape index (κ3) is 3.54. The molecule has 7 nitrogen and oxygen atoms in total. The minimum atomic E-state index is -0.618. The number of hydrogen-bond acceptors (Lipinski definition) is 4. The van der Waals surface area contributed by atoms with Crippen LogP contribution >= 0.6 is 0 Å². The van der Waals surface area contributed by atoms with E-state index in [0.29, 0.717) is 25.3 Å². The van der Waals surface area contributed by atoms with Crippen molar-refractivity contribution in [3.8, 4) is 0 Å². The molecule has 0 saturated heterocycles. The van der Waals surface area contributed by atoms with E-state index >= 15 is 0 Å². The van der Waals surface area contributed by atoms with E-state index in [2.05, 4.69) is 5.10 Å². The van der Waals surface area contributed by atoms with Gasteiger partial charge < -0.3 is 19.5 Å². The molecule has 1 aliphatic rings. The van der Waals surface area contributed by atoms with Crippen LogP contribution in [0.5, 0.6) is 0 Å². The smallest absolute Gasteiger partial charge is 0.256 e. The van der Waals surface area contributed by atoms with Crippen LogP contribution in [0, 0.1) is 13.8 Å². The molecule has 3 heterocycles. The minimum Gasteiger partial charge on any atom is -0.385 e. The van der Waals surface area contributed by atoms with Crippen molar-refractivity contribution in [2.75, 3.05) is 27.2 Å². The van der Waals surface area contributed by atoms with Crippen LogP contribution in [0.3, 0.4) is 0 Å². The summed E-state index contributed by atoms with van der Waals surface area (Å²) in [5, 5.41) is 14.9. The molecular weight excluding hydrogens is 330 g/mol. The normalized spacial score (nSPS) is 15.9. The van der Waals surface area contributed by atoms with Gasteiger partial charge in [-0.25, -0.2) is 0 Å². The summed E-state index contributed by atoms with van der Waals surface area (Å²) < 4.78 is 3.98. The first-order chi connectivity index (χ1) is 12.3. The van der Waals surface area contributed by atoms with Gasteiger partial charge in [0.25, 0.3) is 5.91 Å². The molecule has 1 aliphatic heterocycles. The van der Waals surface area contributed by atoms with Crippen LogP contribution < -0.4 is 0 Å². The van der Waals surface area contributed by atoms with Crippen molar-refractivity contribution in [1.82, 2.24) is 24.1 Å². The molecule has 1 amide bonds. The number of aliphatic hydroxyl groups is 1. The summed E-state index contributed by atoms with van der Waals surface area (Å²) in [6, 6.07) is 3.90. The van der Waals surface area contributed by atoms with Gasteiger partial charge in [-0.1, -0.05) is 0 Å². The van der Waals surface area contributed by atoms with Crippen LogP contribution in [0.2, 0.25) is 0 Å². The first kappa shape index (κ1) is 18.7. The van der Waals surface area contributed by atoms with E-state index in [-0.39, 0.29) is 5.91 Å². The number of likely N-dealkylation sites (N-methyl/N-ethyl adjacent to an activating group) is 1. The molecule has 2 aromatic heterocycles. The quantitative estimate of drug-likeness (QED) is 0.898. The number of aryl methyl sites for hydroxylation is 2. The van der Waals surface area contributed by atoms with Crippen molar-refractivity contribution in [1.29, 1.82) is 0 Å². The van der Waals surface area contributed by atoms with Gasteiger partial charge >= 0.3 is 0 Å². The van der Waals surface area contributed by atoms with Gasteiger partial charge in [-0.05, 0) is 46.5 Å². The molecule has 142 valence electrons. The van der Waals surface area contributed by atoms with Gasteiger partial charge in [0, 0.05) is 38.1 Å². The van der Waals surface area contributed by atoms with E-state index in [1.165, 1.54) is 0 Å². The van der Waals surface area contributed by atoms with Gasteiger partial charge in [0.2, 0.25) is 0 Å². The lowest BCUT2D eigenvalue weighted by molar-refractivity contribution is 0.0745. The summed E-state index contributed by atoms with van der Waals surface area (Å²) in [6.07, 6.45) is 0.238. The number of fused-ring (bicyclic) bond motifs is 1. The summed E-state index contributed by atoms with van der Waals surface area (Å²) in [7, 11) is 5.83. The number of aliphatic hydroxyl groups excluding tert-OH is 1. The number of hydrogen-bond donors (Lipinski definition) is 1. The lowest BCUT2D eigenvalue weighted by Gasteiger charge is -2.20. The fourth-order valence-corrected chi connectivity index (χ4v) is 3.50. The summed E-state index contributed by atoms with van der Waals surface area (Å²) in [5.74, 6) is 0.0660. The molecule has 0 saturated carbocycles. The highest BCUT2D eigenvalue weighted by molar-refractivity contribution is 5.95. The van der Waals surface area contributed by atoms with Crippen molar-refractivity contribution in [3.63, 3.8) is 0 Å².